The fourth-order valence-corrected chi connectivity index (χ4v) is 2.74. The van der Waals surface area contributed by atoms with E-state index in [4.69, 9.17) is 9.47 Å². The zero-order valence-corrected chi connectivity index (χ0v) is 15.3. The maximum Gasteiger partial charge on any atom is 0.410 e. The Morgan fingerprint density at radius 1 is 1.24 bits per heavy atom. The van der Waals surface area contributed by atoms with Gasteiger partial charge in [0.15, 0.2) is 0 Å². The molecule has 1 aromatic carbocycles. The van der Waals surface area contributed by atoms with Gasteiger partial charge in [0.05, 0.1) is 0 Å². The molecule has 2 amide bonds. The van der Waals surface area contributed by atoms with Crippen molar-refractivity contribution in [2.24, 2.45) is 5.92 Å². The van der Waals surface area contributed by atoms with Crippen molar-refractivity contribution >= 4 is 12.2 Å². The number of ether oxygens (including phenoxy) is 2. The molecule has 25 heavy (non-hydrogen) atoms. The van der Waals surface area contributed by atoms with Crippen LogP contribution in [0.3, 0.4) is 0 Å². The van der Waals surface area contributed by atoms with Crippen molar-refractivity contribution in [3.63, 3.8) is 0 Å². The molecular formula is C19H28N2O4. The monoisotopic (exact) mass is 348 g/mol. The van der Waals surface area contributed by atoms with Gasteiger partial charge in [0, 0.05) is 19.6 Å². The summed E-state index contributed by atoms with van der Waals surface area (Å²) in [5, 5.41) is 2.76. The van der Waals surface area contributed by atoms with Crippen molar-refractivity contribution in [3.8, 4) is 0 Å². The van der Waals surface area contributed by atoms with Crippen LogP contribution in [-0.4, -0.2) is 42.3 Å². The van der Waals surface area contributed by atoms with E-state index in [1.165, 1.54) is 0 Å². The van der Waals surface area contributed by atoms with Crippen LogP contribution in [0.2, 0.25) is 0 Å². The van der Waals surface area contributed by atoms with E-state index in [1.807, 2.05) is 51.1 Å². The normalized spacial score (nSPS) is 17.2. The van der Waals surface area contributed by atoms with Crippen molar-refractivity contribution in [2.45, 2.75) is 45.8 Å². The summed E-state index contributed by atoms with van der Waals surface area (Å²) < 4.78 is 10.6. The van der Waals surface area contributed by atoms with E-state index in [-0.39, 0.29) is 6.09 Å². The molecule has 0 aromatic heterocycles. The van der Waals surface area contributed by atoms with Gasteiger partial charge in [-0.05, 0) is 45.1 Å². The van der Waals surface area contributed by atoms with Gasteiger partial charge in [0.25, 0.3) is 0 Å². The molecule has 0 saturated carbocycles. The summed E-state index contributed by atoms with van der Waals surface area (Å²) in [6.07, 6.45) is 1.08. The molecule has 1 aliphatic heterocycles. The Morgan fingerprint density at radius 3 is 2.64 bits per heavy atom. The van der Waals surface area contributed by atoms with Gasteiger partial charge in [0.2, 0.25) is 0 Å². The molecule has 1 atom stereocenters. The molecule has 1 heterocycles. The lowest BCUT2D eigenvalue weighted by atomic mass is 10.1. The topological polar surface area (TPSA) is 67.9 Å². The minimum absolute atomic E-state index is 0.272. The Balaban J connectivity index is 1.64. The lowest BCUT2D eigenvalue weighted by Gasteiger charge is -2.20. The van der Waals surface area contributed by atoms with Crippen molar-refractivity contribution < 1.29 is 19.1 Å². The van der Waals surface area contributed by atoms with Crippen molar-refractivity contribution in [1.82, 2.24) is 10.2 Å². The summed E-state index contributed by atoms with van der Waals surface area (Å²) in [7, 11) is 0. The van der Waals surface area contributed by atoms with E-state index in [9.17, 15) is 9.59 Å². The summed E-state index contributed by atoms with van der Waals surface area (Å²) in [5.74, 6) is 0.374. The minimum atomic E-state index is -0.489. The molecule has 1 aliphatic rings. The zero-order valence-electron chi connectivity index (χ0n) is 15.3. The summed E-state index contributed by atoms with van der Waals surface area (Å²) >= 11 is 0. The zero-order chi connectivity index (χ0) is 18.3. The Hall–Kier alpha value is -2.24. The molecule has 0 bridgehead atoms. The standard InChI is InChI=1S/C19H28N2O4/c1-19(2,3)25-17(22)20-11-9-15-10-12-21(13-15)18(23)24-14-16-7-5-4-6-8-16/h4-8,15H,9-14H2,1-3H3,(H,20,22)/t15-/m0/s1. The first-order chi connectivity index (χ1) is 11.8. The molecule has 1 aromatic rings. The van der Waals surface area contributed by atoms with Gasteiger partial charge in [0.1, 0.15) is 12.2 Å². The average Bonchev–Trinajstić information content (AvgIpc) is 3.01. The highest BCUT2D eigenvalue weighted by Gasteiger charge is 2.27. The number of carbonyl (C=O) groups is 2. The number of benzene rings is 1. The number of likely N-dealkylation sites (tertiary alicyclic amines) is 1. The number of nitrogens with one attached hydrogen (secondary N) is 1. The highest BCUT2D eigenvalue weighted by molar-refractivity contribution is 5.68. The average molecular weight is 348 g/mol. The van der Waals surface area contributed by atoms with Crippen LogP contribution in [0, 0.1) is 5.92 Å². The molecule has 1 saturated heterocycles. The van der Waals surface area contributed by atoms with E-state index < -0.39 is 11.7 Å². The summed E-state index contributed by atoms with van der Waals surface area (Å²) in [6, 6.07) is 9.64. The number of hydrogen-bond acceptors (Lipinski definition) is 4. The molecule has 2 rings (SSSR count). The highest BCUT2D eigenvalue weighted by atomic mass is 16.6. The minimum Gasteiger partial charge on any atom is -0.445 e. The number of amides is 2. The molecule has 0 spiro atoms. The van der Waals surface area contributed by atoms with Crippen LogP contribution in [0.5, 0.6) is 0 Å². The van der Waals surface area contributed by atoms with Crippen molar-refractivity contribution in [2.75, 3.05) is 19.6 Å². The highest BCUT2D eigenvalue weighted by Crippen LogP contribution is 2.20. The largest absolute Gasteiger partial charge is 0.445 e. The van der Waals surface area contributed by atoms with Gasteiger partial charge in [-0.2, -0.15) is 0 Å². The fraction of sp³-hybridized carbons (Fsp3) is 0.579. The number of hydrogen-bond donors (Lipinski definition) is 1. The Morgan fingerprint density at radius 2 is 1.96 bits per heavy atom. The molecule has 6 heteroatoms. The molecule has 0 radical (unpaired) electrons. The number of rotatable bonds is 5. The number of carbonyl (C=O) groups excluding carboxylic acids is 2. The number of alkyl carbamates (subject to hydrolysis) is 1. The third-order valence-electron chi connectivity index (χ3n) is 3.97. The SMILES string of the molecule is CC(C)(C)OC(=O)NCC[C@H]1CCN(C(=O)OCc2ccccc2)C1. The second kappa shape index (κ2) is 8.74. The Labute approximate surface area is 149 Å². The van der Waals surface area contributed by atoms with Crippen LogP contribution in [-0.2, 0) is 16.1 Å². The molecule has 1 fully saturated rings. The van der Waals surface area contributed by atoms with Gasteiger partial charge in [-0.25, -0.2) is 9.59 Å². The first kappa shape index (κ1) is 19.1. The summed E-state index contributed by atoms with van der Waals surface area (Å²) in [4.78, 5) is 25.5. The van der Waals surface area contributed by atoms with Crippen LogP contribution >= 0.6 is 0 Å². The Bertz CT molecular complexity index is 569. The molecule has 6 nitrogen and oxygen atoms in total. The predicted octanol–water partition coefficient (Wildman–Crippen LogP) is 3.56. The first-order valence-electron chi connectivity index (χ1n) is 8.76. The van der Waals surface area contributed by atoms with Gasteiger partial charge in [-0.15, -0.1) is 0 Å². The smallest absolute Gasteiger partial charge is 0.410 e. The van der Waals surface area contributed by atoms with E-state index >= 15 is 0 Å². The second-order valence-corrected chi connectivity index (χ2v) is 7.36. The number of nitrogens with zero attached hydrogens (tertiary/aromatic N) is 1. The van der Waals surface area contributed by atoms with Crippen molar-refractivity contribution in [3.05, 3.63) is 35.9 Å². The van der Waals surface area contributed by atoms with Crippen LogP contribution in [0.25, 0.3) is 0 Å². The lowest BCUT2D eigenvalue weighted by molar-refractivity contribution is 0.0524. The van der Waals surface area contributed by atoms with Gasteiger partial charge >= 0.3 is 12.2 Å². The van der Waals surface area contributed by atoms with Crippen LogP contribution in [0.15, 0.2) is 30.3 Å². The lowest BCUT2D eigenvalue weighted by Crippen LogP contribution is -2.34. The van der Waals surface area contributed by atoms with Gasteiger partial charge in [-0.1, -0.05) is 30.3 Å². The second-order valence-electron chi connectivity index (χ2n) is 7.36. The van der Waals surface area contributed by atoms with Gasteiger partial charge in [-0.3, -0.25) is 0 Å². The van der Waals surface area contributed by atoms with Crippen LogP contribution < -0.4 is 5.32 Å². The molecule has 1 N–H and O–H groups in total. The van der Waals surface area contributed by atoms with E-state index in [1.54, 1.807) is 4.90 Å². The molecule has 138 valence electrons. The molecule has 0 unspecified atom stereocenters. The van der Waals surface area contributed by atoms with E-state index in [0.717, 1.165) is 18.4 Å². The van der Waals surface area contributed by atoms with E-state index in [2.05, 4.69) is 5.32 Å². The maximum atomic E-state index is 12.1. The molecule has 0 aliphatic carbocycles. The quantitative estimate of drug-likeness (QED) is 0.883. The van der Waals surface area contributed by atoms with Crippen LogP contribution in [0.1, 0.15) is 39.2 Å². The molecular weight excluding hydrogens is 320 g/mol. The fourth-order valence-electron chi connectivity index (χ4n) is 2.74. The first-order valence-corrected chi connectivity index (χ1v) is 8.76. The van der Waals surface area contributed by atoms with Crippen LogP contribution in [0.4, 0.5) is 9.59 Å². The maximum absolute atomic E-state index is 12.1. The summed E-state index contributed by atoms with van der Waals surface area (Å²) in [5.41, 5.74) is 0.490. The predicted molar refractivity (Wildman–Crippen MR) is 95.2 cm³/mol. The van der Waals surface area contributed by atoms with E-state index in [0.29, 0.717) is 32.2 Å². The third-order valence-corrected chi connectivity index (χ3v) is 3.97. The van der Waals surface area contributed by atoms with Gasteiger partial charge < -0.3 is 19.7 Å². The Kier molecular flexibility index (Phi) is 6.67. The van der Waals surface area contributed by atoms with Crippen molar-refractivity contribution in [1.29, 1.82) is 0 Å². The summed E-state index contributed by atoms with van der Waals surface area (Å²) in [6.45, 7) is 7.72. The third kappa shape index (κ3) is 7.03.